The summed E-state index contributed by atoms with van der Waals surface area (Å²) in [5, 5.41) is 23.8. The van der Waals surface area contributed by atoms with Gasteiger partial charge in [-0.3, -0.25) is 19.4 Å². The quantitative estimate of drug-likeness (QED) is 0.250. The SMILES string of the molecule is C=C(O)CCCCCCNC(=O)C=Nc1ccc2c(c1)CN(C1CCC(O)NC1=O)C2=O. The number of nitrogens with one attached hydrogen (secondary N) is 2. The Morgan fingerprint density at radius 3 is 2.78 bits per heavy atom. The fraction of sp³-hybridized carbons (Fsp3) is 0.478. The molecule has 3 rings (SSSR count). The number of hydrogen-bond donors (Lipinski definition) is 4. The van der Waals surface area contributed by atoms with E-state index < -0.39 is 12.3 Å². The van der Waals surface area contributed by atoms with Crippen LogP contribution < -0.4 is 10.6 Å². The highest BCUT2D eigenvalue weighted by Crippen LogP contribution is 2.30. The topological polar surface area (TPSA) is 131 Å². The van der Waals surface area contributed by atoms with E-state index in [1.807, 2.05) is 0 Å². The lowest BCUT2D eigenvalue weighted by molar-refractivity contribution is -0.132. The van der Waals surface area contributed by atoms with Gasteiger partial charge < -0.3 is 25.7 Å². The van der Waals surface area contributed by atoms with Crippen LogP contribution in [0.1, 0.15) is 60.9 Å². The van der Waals surface area contributed by atoms with Crippen molar-refractivity contribution in [1.82, 2.24) is 15.5 Å². The second-order valence-corrected chi connectivity index (χ2v) is 8.17. The van der Waals surface area contributed by atoms with Crippen LogP contribution in [0, 0.1) is 0 Å². The Balaban J connectivity index is 1.47. The maximum absolute atomic E-state index is 12.7. The molecule has 0 aromatic heterocycles. The second-order valence-electron chi connectivity index (χ2n) is 8.17. The molecule has 4 N–H and O–H groups in total. The van der Waals surface area contributed by atoms with E-state index >= 15 is 0 Å². The minimum Gasteiger partial charge on any atom is -0.513 e. The smallest absolute Gasteiger partial charge is 0.262 e. The number of aliphatic hydroxyl groups excluding tert-OH is 2. The van der Waals surface area contributed by atoms with Crippen LogP contribution in [-0.4, -0.2) is 57.9 Å². The zero-order chi connectivity index (χ0) is 23.1. The lowest BCUT2D eigenvalue weighted by atomic mass is 10.0. The van der Waals surface area contributed by atoms with Gasteiger partial charge in [0.25, 0.3) is 11.8 Å². The molecule has 2 aliphatic rings. The van der Waals surface area contributed by atoms with Crippen molar-refractivity contribution in [3.8, 4) is 0 Å². The van der Waals surface area contributed by atoms with Gasteiger partial charge in [0.05, 0.1) is 17.7 Å². The highest BCUT2D eigenvalue weighted by atomic mass is 16.3. The van der Waals surface area contributed by atoms with Crippen LogP contribution in [0.4, 0.5) is 5.69 Å². The minimum atomic E-state index is -0.863. The van der Waals surface area contributed by atoms with Gasteiger partial charge in [-0.05, 0) is 49.4 Å². The molecular weight excluding hydrogens is 412 g/mol. The number of carbonyl (C=O) groups is 3. The molecular formula is C23H30N4O5. The average molecular weight is 443 g/mol. The molecule has 9 nitrogen and oxygen atoms in total. The first-order valence-corrected chi connectivity index (χ1v) is 11.0. The zero-order valence-electron chi connectivity index (χ0n) is 18.0. The standard InChI is InChI=1S/C23H30N4O5/c1-15(28)6-4-2-3-5-11-24-21(30)13-25-17-7-8-18-16(12-17)14-27(23(18)32)19-9-10-20(29)26-22(19)31/h7-8,12-13,19-20,28-29H,1-6,9-11,14H2,(H,24,30)(H,26,31). The van der Waals surface area contributed by atoms with Gasteiger partial charge in [-0.25, -0.2) is 0 Å². The van der Waals surface area contributed by atoms with Crippen molar-refractivity contribution < 1.29 is 24.6 Å². The van der Waals surface area contributed by atoms with Crippen molar-refractivity contribution in [3.05, 3.63) is 41.7 Å². The molecule has 2 aliphatic heterocycles. The number of aliphatic hydroxyl groups is 2. The van der Waals surface area contributed by atoms with Gasteiger partial charge in [-0.2, -0.15) is 0 Å². The van der Waals surface area contributed by atoms with Crippen LogP contribution in [0.25, 0.3) is 0 Å². The van der Waals surface area contributed by atoms with Crippen molar-refractivity contribution in [2.24, 2.45) is 4.99 Å². The molecule has 0 bridgehead atoms. The number of amides is 3. The molecule has 1 fully saturated rings. The van der Waals surface area contributed by atoms with Crippen LogP contribution in [0.3, 0.4) is 0 Å². The van der Waals surface area contributed by atoms with E-state index in [0.717, 1.165) is 31.2 Å². The Bertz CT molecular complexity index is 914. The highest BCUT2D eigenvalue weighted by molar-refractivity contribution is 6.26. The number of rotatable bonds is 10. The Morgan fingerprint density at radius 1 is 1.25 bits per heavy atom. The number of allylic oxidation sites excluding steroid dienone is 1. The van der Waals surface area contributed by atoms with Gasteiger partial charge in [-0.15, -0.1) is 0 Å². The Morgan fingerprint density at radius 2 is 2.03 bits per heavy atom. The summed E-state index contributed by atoms with van der Waals surface area (Å²) >= 11 is 0. The molecule has 32 heavy (non-hydrogen) atoms. The first-order valence-electron chi connectivity index (χ1n) is 11.0. The van der Waals surface area contributed by atoms with Crippen LogP contribution in [0.2, 0.25) is 0 Å². The number of aliphatic imine (C=N–C) groups is 1. The summed E-state index contributed by atoms with van der Waals surface area (Å²) in [6, 6.07) is 4.49. The van der Waals surface area contributed by atoms with Gasteiger partial charge in [0, 0.05) is 25.1 Å². The fourth-order valence-corrected chi connectivity index (χ4v) is 3.94. The summed E-state index contributed by atoms with van der Waals surface area (Å²) in [4.78, 5) is 42.6. The summed E-state index contributed by atoms with van der Waals surface area (Å²) in [7, 11) is 0. The average Bonchev–Trinajstić information content (AvgIpc) is 3.07. The molecule has 2 atom stereocenters. The van der Waals surface area contributed by atoms with Crippen LogP contribution in [-0.2, 0) is 16.1 Å². The number of nitrogens with zero attached hydrogens (tertiary/aromatic N) is 2. The lowest BCUT2D eigenvalue weighted by Gasteiger charge is -2.32. The summed E-state index contributed by atoms with van der Waals surface area (Å²) in [5.41, 5.74) is 1.84. The summed E-state index contributed by atoms with van der Waals surface area (Å²) in [6.45, 7) is 4.30. The second kappa shape index (κ2) is 10.9. The van der Waals surface area contributed by atoms with Crippen LogP contribution >= 0.6 is 0 Å². The number of hydrogen-bond acceptors (Lipinski definition) is 6. The molecule has 3 amide bonds. The predicted octanol–water partition coefficient (Wildman–Crippen LogP) is 2.08. The molecule has 1 aromatic rings. The van der Waals surface area contributed by atoms with Gasteiger partial charge >= 0.3 is 0 Å². The Hall–Kier alpha value is -3.20. The summed E-state index contributed by atoms with van der Waals surface area (Å²) in [5.74, 6) is -0.645. The summed E-state index contributed by atoms with van der Waals surface area (Å²) in [6.07, 6.45) is 5.44. The van der Waals surface area contributed by atoms with Crippen molar-refractivity contribution in [1.29, 1.82) is 0 Å². The van der Waals surface area contributed by atoms with Gasteiger partial charge in [0.1, 0.15) is 12.3 Å². The van der Waals surface area contributed by atoms with E-state index in [1.165, 1.54) is 11.1 Å². The molecule has 0 aliphatic carbocycles. The third-order valence-corrected chi connectivity index (χ3v) is 5.64. The molecule has 2 heterocycles. The summed E-state index contributed by atoms with van der Waals surface area (Å²) < 4.78 is 0. The third-order valence-electron chi connectivity index (χ3n) is 5.64. The molecule has 0 radical (unpaired) electrons. The monoisotopic (exact) mass is 442 g/mol. The zero-order valence-corrected chi connectivity index (χ0v) is 18.0. The normalized spacial score (nSPS) is 20.3. The molecule has 1 saturated heterocycles. The largest absolute Gasteiger partial charge is 0.513 e. The van der Waals surface area contributed by atoms with E-state index in [1.54, 1.807) is 18.2 Å². The fourth-order valence-electron chi connectivity index (χ4n) is 3.94. The van der Waals surface area contributed by atoms with Gasteiger partial charge in [-0.1, -0.05) is 19.4 Å². The van der Waals surface area contributed by atoms with E-state index in [2.05, 4.69) is 22.2 Å². The van der Waals surface area contributed by atoms with E-state index in [0.29, 0.717) is 43.6 Å². The van der Waals surface area contributed by atoms with E-state index in [9.17, 15) is 19.5 Å². The first kappa shape index (κ1) is 23.5. The molecule has 1 aromatic carbocycles. The minimum absolute atomic E-state index is 0.206. The highest BCUT2D eigenvalue weighted by Gasteiger charge is 2.38. The van der Waals surface area contributed by atoms with Crippen molar-refractivity contribution in [2.75, 3.05) is 6.54 Å². The van der Waals surface area contributed by atoms with Crippen molar-refractivity contribution >= 4 is 29.6 Å². The molecule has 0 spiro atoms. The third kappa shape index (κ3) is 6.16. The van der Waals surface area contributed by atoms with Crippen LogP contribution in [0.15, 0.2) is 35.5 Å². The van der Waals surface area contributed by atoms with Gasteiger partial charge in [0.2, 0.25) is 5.91 Å². The maximum atomic E-state index is 12.7. The van der Waals surface area contributed by atoms with Crippen LogP contribution in [0.5, 0.6) is 0 Å². The first-order chi connectivity index (χ1) is 15.3. The molecule has 172 valence electrons. The molecule has 0 saturated carbocycles. The predicted molar refractivity (Wildman–Crippen MR) is 120 cm³/mol. The molecule has 2 unspecified atom stereocenters. The van der Waals surface area contributed by atoms with Gasteiger partial charge in [0.15, 0.2) is 0 Å². The number of benzene rings is 1. The number of piperidine rings is 1. The van der Waals surface area contributed by atoms with E-state index in [-0.39, 0.29) is 23.5 Å². The maximum Gasteiger partial charge on any atom is 0.262 e. The number of fused-ring (bicyclic) bond motifs is 1. The Labute approximate surface area is 187 Å². The number of carbonyl (C=O) groups excluding carboxylic acids is 3. The lowest BCUT2D eigenvalue weighted by Crippen LogP contribution is -2.54. The van der Waals surface area contributed by atoms with Crippen molar-refractivity contribution in [2.45, 2.75) is 63.8 Å². The Kier molecular flexibility index (Phi) is 7.99. The van der Waals surface area contributed by atoms with Crippen molar-refractivity contribution in [3.63, 3.8) is 0 Å². The molecule has 9 heteroatoms. The van der Waals surface area contributed by atoms with E-state index in [4.69, 9.17) is 5.11 Å². The number of unbranched alkanes of at least 4 members (excludes halogenated alkanes) is 3.